The van der Waals surface area contributed by atoms with Gasteiger partial charge in [-0.15, -0.1) is 0 Å². The van der Waals surface area contributed by atoms with Gasteiger partial charge in [-0.05, 0) is 19.3 Å². The average Bonchev–Trinajstić information content (AvgIpc) is 2.67. The molecular formula is C11H19O4. The van der Waals surface area contributed by atoms with Gasteiger partial charge in [-0.25, -0.2) is 4.89 Å². The molecule has 4 heteroatoms. The van der Waals surface area contributed by atoms with Crippen LogP contribution in [0.15, 0.2) is 0 Å². The first-order valence-corrected chi connectivity index (χ1v) is 5.02. The van der Waals surface area contributed by atoms with E-state index in [4.69, 9.17) is 5.26 Å². The lowest BCUT2D eigenvalue weighted by Gasteiger charge is -2.27. The second-order valence-corrected chi connectivity index (χ2v) is 5.43. The van der Waals surface area contributed by atoms with Crippen molar-refractivity contribution in [1.29, 1.82) is 0 Å². The molecule has 0 spiro atoms. The third-order valence-electron chi connectivity index (χ3n) is 3.55. The van der Waals surface area contributed by atoms with E-state index in [1.54, 1.807) is 13.8 Å². The Labute approximate surface area is 90.2 Å². The number of ketones is 1. The largest absolute Gasteiger partial charge is 0.390 e. The first-order chi connectivity index (χ1) is 6.66. The smallest absolute Gasteiger partial charge is 0.137 e. The highest BCUT2D eigenvalue weighted by atomic mass is 17.1. The lowest BCUT2D eigenvalue weighted by Crippen LogP contribution is -2.41. The molecule has 1 fully saturated rings. The van der Waals surface area contributed by atoms with Crippen LogP contribution in [0.2, 0.25) is 0 Å². The molecule has 87 valence electrons. The fraction of sp³-hybridized carbons (Fsp3) is 0.818. The molecule has 1 aliphatic carbocycles. The average molecular weight is 215 g/mol. The van der Waals surface area contributed by atoms with E-state index >= 15 is 0 Å². The van der Waals surface area contributed by atoms with E-state index in [0.29, 0.717) is 0 Å². The van der Waals surface area contributed by atoms with Crippen molar-refractivity contribution < 1.29 is 20.0 Å². The van der Waals surface area contributed by atoms with Crippen molar-refractivity contribution >= 4 is 5.78 Å². The summed E-state index contributed by atoms with van der Waals surface area (Å²) in [5.74, 6) is -0.621. The summed E-state index contributed by atoms with van der Waals surface area (Å²) >= 11 is 0. The molecule has 1 unspecified atom stereocenters. The predicted molar refractivity (Wildman–Crippen MR) is 54.9 cm³/mol. The van der Waals surface area contributed by atoms with Gasteiger partial charge in [0.15, 0.2) is 0 Å². The van der Waals surface area contributed by atoms with Crippen molar-refractivity contribution in [3.63, 3.8) is 0 Å². The first-order valence-electron chi connectivity index (χ1n) is 5.02. The number of aliphatic hydroxyl groups is 1. The molecule has 0 saturated heterocycles. The van der Waals surface area contributed by atoms with Crippen LogP contribution in [0.3, 0.4) is 0 Å². The number of carbonyl (C=O) groups excluding carboxylic acids is 1. The van der Waals surface area contributed by atoms with Crippen molar-refractivity contribution in [2.75, 3.05) is 0 Å². The molecule has 1 radical (unpaired) electrons. The number of carbonyl (C=O) groups is 1. The Morgan fingerprint density at radius 3 is 2.27 bits per heavy atom. The van der Waals surface area contributed by atoms with Gasteiger partial charge in [0.25, 0.3) is 0 Å². The van der Waals surface area contributed by atoms with Crippen molar-refractivity contribution in [3.8, 4) is 0 Å². The SMILES string of the molecule is [CH2]C(=O)[C@H]1[C@H](C(O)C(C)(C)OO)C1(C)C. The van der Waals surface area contributed by atoms with Crippen molar-refractivity contribution in [2.24, 2.45) is 17.3 Å². The Kier molecular flexibility index (Phi) is 2.98. The van der Waals surface area contributed by atoms with Gasteiger partial charge in [-0.2, -0.15) is 0 Å². The highest BCUT2D eigenvalue weighted by Gasteiger charge is 2.65. The molecular weight excluding hydrogens is 196 g/mol. The van der Waals surface area contributed by atoms with E-state index in [9.17, 15) is 9.90 Å². The minimum atomic E-state index is -1.06. The van der Waals surface area contributed by atoms with Crippen LogP contribution in [-0.2, 0) is 9.68 Å². The number of hydrogen-bond donors (Lipinski definition) is 2. The zero-order valence-corrected chi connectivity index (χ0v) is 9.65. The van der Waals surface area contributed by atoms with Gasteiger partial charge in [-0.1, -0.05) is 13.8 Å². The molecule has 0 aromatic carbocycles. The maximum absolute atomic E-state index is 11.2. The highest BCUT2D eigenvalue weighted by Crippen LogP contribution is 2.61. The van der Waals surface area contributed by atoms with Crippen LogP contribution in [0.1, 0.15) is 27.7 Å². The lowest BCUT2D eigenvalue weighted by molar-refractivity contribution is -0.336. The predicted octanol–water partition coefficient (Wildman–Crippen LogP) is 1.29. The third-order valence-corrected chi connectivity index (χ3v) is 3.55. The van der Waals surface area contributed by atoms with E-state index in [0.717, 1.165) is 0 Å². The van der Waals surface area contributed by atoms with Crippen LogP contribution < -0.4 is 0 Å². The van der Waals surface area contributed by atoms with Crippen LogP contribution >= 0.6 is 0 Å². The van der Waals surface area contributed by atoms with Crippen LogP contribution in [0, 0.1) is 24.2 Å². The van der Waals surface area contributed by atoms with E-state index in [1.165, 1.54) is 0 Å². The fourth-order valence-corrected chi connectivity index (χ4v) is 2.37. The third kappa shape index (κ3) is 1.94. The molecule has 0 amide bonds. The van der Waals surface area contributed by atoms with Crippen molar-refractivity contribution in [2.45, 2.75) is 39.4 Å². The van der Waals surface area contributed by atoms with E-state index < -0.39 is 11.7 Å². The molecule has 1 aliphatic rings. The van der Waals surface area contributed by atoms with Gasteiger partial charge in [0.2, 0.25) is 0 Å². The van der Waals surface area contributed by atoms with Gasteiger partial charge in [0.05, 0.1) is 6.10 Å². The molecule has 3 atom stereocenters. The molecule has 0 bridgehead atoms. The standard InChI is InChI=1S/C11H19O4/c1-6(12)7-8(10(7,2)3)9(13)11(4,5)15-14/h7-9,13-14H,1H2,2-5H3/t7-,8+,9?/m0/s1. The Hall–Kier alpha value is -0.450. The minimum absolute atomic E-state index is 0.169. The Bertz CT molecular complexity index is 270. The second kappa shape index (κ2) is 3.54. The van der Waals surface area contributed by atoms with E-state index in [-0.39, 0.29) is 23.0 Å². The molecule has 1 saturated carbocycles. The lowest BCUT2D eigenvalue weighted by atomic mass is 9.93. The summed E-state index contributed by atoms with van der Waals surface area (Å²) in [6, 6.07) is 0. The first kappa shape index (κ1) is 12.6. The maximum Gasteiger partial charge on any atom is 0.137 e. The summed E-state index contributed by atoms with van der Waals surface area (Å²) < 4.78 is 0. The summed E-state index contributed by atoms with van der Waals surface area (Å²) in [5, 5.41) is 18.7. The highest BCUT2D eigenvalue weighted by molar-refractivity contribution is 5.89. The normalized spacial score (nSPS) is 31.1. The number of rotatable bonds is 4. The van der Waals surface area contributed by atoms with Gasteiger partial charge in [-0.3, -0.25) is 10.1 Å². The van der Waals surface area contributed by atoms with Crippen molar-refractivity contribution in [1.82, 2.24) is 0 Å². The molecule has 2 N–H and O–H groups in total. The summed E-state index contributed by atoms with van der Waals surface area (Å²) in [6.07, 6.45) is -0.881. The molecule has 15 heavy (non-hydrogen) atoms. The quantitative estimate of drug-likeness (QED) is 0.548. The fourth-order valence-electron chi connectivity index (χ4n) is 2.37. The van der Waals surface area contributed by atoms with Crippen molar-refractivity contribution in [3.05, 3.63) is 6.92 Å². The van der Waals surface area contributed by atoms with Gasteiger partial charge >= 0.3 is 0 Å². The number of hydrogen-bond acceptors (Lipinski definition) is 4. The van der Waals surface area contributed by atoms with Crippen LogP contribution in [0.4, 0.5) is 0 Å². The van der Waals surface area contributed by atoms with E-state index in [1.807, 2.05) is 13.8 Å². The summed E-state index contributed by atoms with van der Waals surface area (Å²) in [4.78, 5) is 15.5. The Balaban J connectivity index is 2.80. The van der Waals surface area contributed by atoms with E-state index in [2.05, 4.69) is 11.8 Å². The maximum atomic E-state index is 11.2. The van der Waals surface area contributed by atoms with Crippen LogP contribution in [0.25, 0.3) is 0 Å². The topological polar surface area (TPSA) is 66.8 Å². The Morgan fingerprint density at radius 1 is 1.53 bits per heavy atom. The summed E-state index contributed by atoms with van der Waals surface area (Å²) in [5.41, 5.74) is -1.33. The van der Waals surface area contributed by atoms with Crippen LogP contribution in [0.5, 0.6) is 0 Å². The zero-order chi connectivity index (χ0) is 12.0. The molecule has 1 rings (SSSR count). The molecule has 0 aromatic rings. The van der Waals surface area contributed by atoms with Gasteiger partial charge in [0.1, 0.15) is 11.4 Å². The number of aliphatic hydroxyl groups excluding tert-OH is 1. The molecule has 0 aliphatic heterocycles. The summed E-state index contributed by atoms with van der Waals surface area (Å²) in [7, 11) is 0. The zero-order valence-electron chi connectivity index (χ0n) is 9.65. The summed E-state index contributed by atoms with van der Waals surface area (Å²) in [6.45, 7) is 10.4. The number of Topliss-reactive ketones (excluding diaryl/α,β-unsaturated/α-hetero) is 1. The molecule has 0 aromatic heterocycles. The van der Waals surface area contributed by atoms with Gasteiger partial charge in [0, 0.05) is 18.8 Å². The molecule has 4 nitrogen and oxygen atoms in total. The molecule has 0 heterocycles. The van der Waals surface area contributed by atoms with Gasteiger partial charge < -0.3 is 5.11 Å². The minimum Gasteiger partial charge on any atom is -0.390 e. The second-order valence-electron chi connectivity index (χ2n) is 5.43. The monoisotopic (exact) mass is 215 g/mol. The Morgan fingerprint density at radius 2 is 2.00 bits per heavy atom. The van der Waals surface area contributed by atoms with Crippen LogP contribution in [-0.4, -0.2) is 27.9 Å².